The molecule has 0 aromatic carbocycles. The average Bonchev–Trinajstić information content (AvgIpc) is 3.34. The normalized spacial score (nSPS) is 33.8. The third-order valence-electron chi connectivity index (χ3n) is 7.43. The molecule has 4 unspecified atom stereocenters. The van der Waals surface area contributed by atoms with Crippen LogP contribution in [0.15, 0.2) is 4.99 Å². The third kappa shape index (κ3) is 5.97. The Hall–Kier alpha value is -0.0800. The van der Waals surface area contributed by atoms with Crippen LogP contribution in [0, 0.1) is 17.8 Å². The zero-order chi connectivity index (χ0) is 18.5. The van der Waals surface area contributed by atoms with Crippen molar-refractivity contribution in [3.8, 4) is 0 Å². The molecule has 0 amide bonds. The van der Waals surface area contributed by atoms with Gasteiger partial charge in [0.2, 0.25) is 0 Å². The summed E-state index contributed by atoms with van der Waals surface area (Å²) in [6.45, 7) is 4.86. The molecule has 0 aromatic rings. The van der Waals surface area contributed by atoms with Crippen LogP contribution in [0.4, 0.5) is 0 Å². The highest BCUT2D eigenvalue weighted by atomic mass is 127. The molecule has 1 N–H and O–H groups in total. The molecule has 6 heteroatoms. The van der Waals surface area contributed by atoms with E-state index in [0.717, 1.165) is 75.8 Å². The first kappa shape index (κ1) is 22.6. The van der Waals surface area contributed by atoms with E-state index in [1.54, 1.807) is 0 Å². The maximum absolute atomic E-state index is 6.15. The van der Waals surface area contributed by atoms with Crippen LogP contribution in [0.3, 0.4) is 0 Å². The van der Waals surface area contributed by atoms with E-state index in [-0.39, 0.29) is 24.0 Å². The van der Waals surface area contributed by atoms with Gasteiger partial charge < -0.3 is 19.7 Å². The SMILES string of the molecule is CN=C(NCCC1CC2CCC1C2)N1CCC(OCC2CCCCO2)CC1.I. The fourth-order valence-electron chi connectivity index (χ4n) is 5.85. The van der Waals surface area contributed by atoms with Gasteiger partial charge in [-0.2, -0.15) is 0 Å². The van der Waals surface area contributed by atoms with Crippen LogP contribution in [0.2, 0.25) is 0 Å². The number of guanidine groups is 1. The fourth-order valence-corrected chi connectivity index (χ4v) is 5.85. The third-order valence-corrected chi connectivity index (χ3v) is 7.43. The predicted molar refractivity (Wildman–Crippen MR) is 124 cm³/mol. The molecule has 4 rings (SSSR count). The van der Waals surface area contributed by atoms with Gasteiger partial charge in [0.25, 0.3) is 0 Å². The molecule has 2 heterocycles. The molecule has 5 nitrogen and oxygen atoms in total. The van der Waals surface area contributed by atoms with Gasteiger partial charge in [0.05, 0.1) is 18.8 Å². The first-order valence-electron chi connectivity index (χ1n) is 11.5. The quantitative estimate of drug-likeness (QED) is 0.336. The van der Waals surface area contributed by atoms with Crippen LogP contribution in [0.25, 0.3) is 0 Å². The van der Waals surface area contributed by atoms with Crippen molar-refractivity contribution in [2.45, 2.75) is 76.4 Å². The molecular formula is C22H40IN3O2. The molecule has 2 saturated heterocycles. The molecule has 2 saturated carbocycles. The number of rotatable bonds is 6. The molecule has 2 aliphatic carbocycles. The lowest BCUT2D eigenvalue weighted by molar-refractivity contribution is -0.0721. The summed E-state index contributed by atoms with van der Waals surface area (Å²) in [5.74, 6) is 4.14. The Balaban J connectivity index is 0.00000225. The number of nitrogens with zero attached hydrogens (tertiary/aromatic N) is 2. The highest BCUT2D eigenvalue weighted by Crippen LogP contribution is 2.49. The number of nitrogens with one attached hydrogen (secondary N) is 1. The number of halogens is 1. The predicted octanol–water partition coefficient (Wildman–Crippen LogP) is 4.06. The maximum Gasteiger partial charge on any atom is 0.193 e. The van der Waals surface area contributed by atoms with Crippen molar-refractivity contribution in [3.63, 3.8) is 0 Å². The number of aliphatic imine (C=N–C) groups is 1. The van der Waals surface area contributed by atoms with E-state index in [1.165, 1.54) is 44.9 Å². The van der Waals surface area contributed by atoms with E-state index < -0.39 is 0 Å². The van der Waals surface area contributed by atoms with Crippen LogP contribution in [0.1, 0.15) is 64.2 Å². The molecule has 4 aliphatic rings. The van der Waals surface area contributed by atoms with Crippen molar-refractivity contribution < 1.29 is 9.47 Å². The molecule has 4 fully saturated rings. The average molecular weight is 505 g/mol. The molecule has 162 valence electrons. The second-order valence-corrected chi connectivity index (χ2v) is 9.21. The van der Waals surface area contributed by atoms with Gasteiger partial charge in [-0.15, -0.1) is 24.0 Å². The Kier molecular flexibility index (Phi) is 9.16. The van der Waals surface area contributed by atoms with Crippen LogP contribution < -0.4 is 5.32 Å². The summed E-state index contributed by atoms with van der Waals surface area (Å²) < 4.78 is 11.9. The molecule has 0 radical (unpaired) electrons. The first-order valence-corrected chi connectivity index (χ1v) is 11.5. The molecule has 0 aromatic heterocycles. The Morgan fingerprint density at radius 3 is 2.61 bits per heavy atom. The molecule has 2 aliphatic heterocycles. The number of hydrogen-bond donors (Lipinski definition) is 1. The van der Waals surface area contributed by atoms with Gasteiger partial charge in [0.1, 0.15) is 0 Å². The van der Waals surface area contributed by atoms with Gasteiger partial charge in [-0.3, -0.25) is 4.99 Å². The Morgan fingerprint density at radius 1 is 1.11 bits per heavy atom. The number of piperidine rings is 1. The van der Waals surface area contributed by atoms with Gasteiger partial charge in [-0.05, 0) is 75.5 Å². The van der Waals surface area contributed by atoms with Gasteiger partial charge >= 0.3 is 0 Å². The smallest absolute Gasteiger partial charge is 0.193 e. The summed E-state index contributed by atoms with van der Waals surface area (Å²) in [4.78, 5) is 6.95. The molecular weight excluding hydrogens is 465 g/mol. The van der Waals surface area contributed by atoms with E-state index in [2.05, 4.69) is 15.2 Å². The van der Waals surface area contributed by atoms with E-state index in [4.69, 9.17) is 9.47 Å². The van der Waals surface area contributed by atoms with Crippen LogP contribution in [-0.4, -0.2) is 63.0 Å². The van der Waals surface area contributed by atoms with E-state index >= 15 is 0 Å². The van der Waals surface area contributed by atoms with Crippen molar-refractivity contribution in [1.82, 2.24) is 10.2 Å². The minimum absolute atomic E-state index is 0. The molecule has 4 atom stereocenters. The summed E-state index contributed by atoms with van der Waals surface area (Å²) in [6, 6.07) is 0. The molecule has 0 spiro atoms. The first-order chi connectivity index (χ1) is 13.3. The summed E-state index contributed by atoms with van der Waals surface area (Å²) in [5.41, 5.74) is 0. The lowest BCUT2D eigenvalue weighted by atomic mass is 9.86. The Bertz CT molecular complexity index is 490. The van der Waals surface area contributed by atoms with Crippen LogP contribution in [0.5, 0.6) is 0 Å². The van der Waals surface area contributed by atoms with Gasteiger partial charge in [-0.1, -0.05) is 6.42 Å². The summed E-state index contributed by atoms with van der Waals surface area (Å²) >= 11 is 0. The Morgan fingerprint density at radius 2 is 1.96 bits per heavy atom. The highest BCUT2D eigenvalue weighted by Gasteiger charge is 2.38. The number of fused-ring (bicyclic) bond motifs is 2. The van der Waals surface area contributed by atoms with Crippen molar-refractivity contribution in [1.29, 1.82) is 0 Å². The van der Waals surface area contributed by atoms with Gasteiger partial charge in [-0.25, -0.2) is 0 Å². The number of likely N-dealkylation sites (tertiary alicyclic amines) is 1. The second-order valence-electron chi connectivity index (χ2n) is 9.21. The van der Waals surface area contributed by atoms with E-state index in [0.29, 0.717) is 12.2 Å². The lowest BCUT2D eigenvalue weighted by Gasteiger charge is -2.35. The summed E-state index contributed by atoms with van der Waals surface area (Å²) in [7, 11) is 1.92. The van der Waals surface area contributed by atoms with E-state index in [1.807, 2.05) is 7.05 Å². The van der Waals surface area contributed by atoms with E-state index in [9.17, 15) is 0 Å². The van der Waals surface area contributed by atoms with Gasteiger partial charge in [0.15, 0.2) is 5.96 Å². The lowest BCUT2D eigenvalue weighted by Crippen LogP contribution is -2.47. The topological polar surface area (TPSA) is 46.1 Å². The standard InChI is InChI=1S/C22H39N3O2.HI/c1-23-22(24-10-7-19-15-17-5-6-18(19)14-17)25-11-8-20(9-12-25)27-16-21-4-2-3-13-26-21;/h17-21H,2-16H2,1H3,(H,23,24);1H. The molecule has 28 heavy (non-hydrogen) atoms. The second kappa shape index (κ2) is 11.3. The Labute approximate surface area is 188 Å². The fraction of sp³-hybridized carbons (Fsp3) is 0.955. The van der Waals surface area contributed by atoms with Gasteiger partial charge in [0, 0.05) is 33.3 Å². The minimum Gasteiger partial charge on any atom is -0.376 e. The monoisotopic (exact) mass is 505 g/mol. The van der Waals surface area contributed by atoms with Crippen LogP contribution >= 0.6 is 24.0 Å². The van der Waals surface area contributed by atoms with Crippen molar-refractivity contribution in [2.24, 2.45) is 22.7 Å². The largest absolute Gasteiger partial charge is 0.376 e. The summed E-state index contributed by atoms with van der Waals surface area (Å²) in [5, 5.41) is 3.64. The van der Waals surface area contributed by atoms with Crippen molar-refractivity contribution >= 4 is 29.9 Å². The molecule has 2 bridgehead atoms. The highest BCUT2D eigenvalue weighted by molar-refractivity contribution is 14.0. The van der Waals surface area contributed by atoms with Crippen molar-refractivity contribution in [3.05, 3.63) is 0 Å². The summed E-state index contributed by atoms with van der Waals surface area (Å²) in [6.07, 6.45) is 13.9. The number of hydrogen-bond acceptors (Lipinski definition) is 3. The number of ether oxygens (including phenoxy) is 2. The van der Waals surface area contributed by atoms with Crippen LogP contribution in [-0.2, 0) is 9.47 Å². The zero-order valence-electron chi connectivity index (χ0n) is 17.6. The van der Waals surface area contributed by atoms with Crippen molar-refractivity contribution in [2.75, 3.05) is 39.9 Å². The minimum atomic E-state index is 0. The maximum atomic E-state index is 6.15. The zero-order valence-corrected chi connectivity index (χ0v) is 19.9.